The van der Waals surface area contributed by atoms with Crippen LogP contribution in [0.25, 0.3) is 23.2 Å². The summed E-state index contributed by atoms with van der Waals surface area (Å²) in [5, 5.41) is 28.9. The van der Waals surface area contributed by atoms with Crippen molar-refractivity contribution < 1.29 is 99.9 Å². The number of ether oxygens (including phenoxy) is 5. The second kappa shape index (κ2) is 24.1. The number of anilines is 2. The Kier molecular flexibility index (Phi) is 18.7. The smallest absolute Gasteiger partial charge is 0.426 e. The molecule has 2 amide bonds. The van der Waals surface area contributed by atoms with Crippen molar-refractivity contribution in [3.63, 3.8) is 0 Å². The van der Waals surface area contributed by atoms with Crippen LogP contribution in [0.2, 0.25) is 0 Å². The van der Waals surface area contributed by atoms with Crippen LogP contribution >= 0.6 is 0 Å². The highest BCUT2D eigenvalue weighted by atomic mass is 19.4. The third-order valence-corrected chi connectivity index (χ3v) is 11.6. The van der Waals surface area contributed by atoms with E-state index in [-0.39, 0.29) is 32.1 Å². The number of alkyl halides is 12. The number of nitrogens with zero attached hydrogens (tertiary/aromatic N) is 6. The van der Waals surface area contributed by atoms with Crippen molar-refractivity contribution >= 4 is 23.6 Å². The number of aliphatic hydroxyl groups is 1. The molecule has 7 rings (SSSR count). The van der Waals surface area contributed by atoms with E-state index in [9.17, 15) is 67.4 Å². The topological polar surface area (TPSA) is 228 Å². The fraction of sp³-hybridized carbons (Fsp3) is 0.529. The number of pyridine rings is 2. The van der Waals surface area contributed by atoms with Gasteiger partial charge in [-0.3, -0.25) is 10.6 Å². The van der Waals surface area contributed by atoms with Gasteiger partial charge in [0.1, 0.15) is 28.4 Å². The summed E-state index contributed by atoms with van der Waals surface area (Å²) < 4.78 is 208. The van der Waals surface area contributed by atoms with Crippen molar-refractivity contribution in [1.29, 1.82) is 0 Å². The summed E-state index contributed by atoms with van der Waals surface area (Å²) in [6.45, 7) is 11.6. The minimum Gasteiger partial charge on any atom is -0.474 e. The van der Waals surface area contributed by atoms with Gasteiger partial charge in [0.15, 0.2) is 11.4 Å². The van der Waals surface area contributed by atoms with E-state index in [2.05, 4.69) is 41.0 Å². The van der Waals surface area contributed by atoms with E-state index in [1.807, 2.05) is 0 Å². The third-order valence-electron chi connectivity index (χ3n) is 11.6. The van der Waals surface area contributed by atoms with Gasteiger partial charge in [0.25, 0.3) is 23.6 Å². The minimum absolute atomic E-state index is 0.0501. The molecule has 5 aromatic rings. The molecule has 0 saturated heterocycles. The maximum Gasteiger partial charge on any atom is 0.426 e. The zero-order chi connectivity index (χ0) is 60.1. The molecule has 4 aromatic heterocycles. The van der Waals surface area contributed by atoms with Gasteiger partial charge in [0, 0.05) is 6.42 Å². The lowest BCUT2D eigenvalue weighted by Gasteiger charge is -2.32. The molecular weight excluding hydrogens is 1110 g/mol. The van der Waals surface area contributed by atoms with E-state index in [1.165, 1.54) is 67.5 Å². The van der Waals surface area contributed by atoms with Gasteiger partial charge < -0.3 is 37.6 Å². The van der Waals surface area contributed by atoms with Crippen LogP contribution in [-0.2, 0) is 44.4 Å². The van der Waals surface area contributed by atoms with E-state index in [0.717, 1.165) is 0 Å². The first kappa shape index (κ1) is 62.9. The molecule has 0 aliphatic carbocycles. The molecule has 6 heterocycles. The molecule has 0 unspecified atom stereocenters. The Morgan fingerprint density at radius 3 is 1.62 bits per heavy atom. The number of hydrogen-bond donors (Lipinski definition) is 3. The summed E-state index contributed by atoms with van der Waals surface area (Å²) in [7, 11) is 0. The molecule has 2 aliphatic rings. The van der Waals surface area contributed by atoms with Crippen LogP contribution in [0.1, 0.15) is 135 Å². The quantitative estimate of drug-likeness (QED) is 0.110. The van der Waals surface area contributed by atoms with Crippen LogP contribution < -0.4 is 20.1 Å². The Labute approximate surface area is 454 Å². The van der Waals surface area contributed by atoms with Crippen LogP contribution in [0.3, 0.4) is 0 Å². The second-order valence-electron chi connectivity index (χ2n) is 20.7. The van der Waals surface area contributed by atoms with Crippen molar-refractivity contribution in [1.82, 2.24) is 30.4 Å². The minimum atomic E-state index is -5.19. The van der Waals surface area contributed by atoms with Crippen LogP contribution in [0, 0.1) is 0 Å². The Bertz CT molecular complexity index is 3010. The van der Waals surface area contributed by atoms with E-state index in [1.54, 1.807) is 30.3 Å². The Morgan fingerprint density at radius 2 is 1.14 bits per heavy atom. The molecule has 30 heteroatoms. The molecule has 2 aliphatic heterocycles. The highest BCUT2D eigenvalue weighted by molar-refractivity contribution is 5.90. The molecule has 0 saturated carbocycles. The number of carbonyl (C=O) groups is 2. The average Bonchev–Trinajstić information content (AvgIpc) is 4.02. The summed E-state index contributed by atoms with van der Waals surface area (Å²) in [6, 6.07) is 9.12. The number of halogens is 12. The summed E-state index contributed by atoms with van der Waals surface area (Å²) in [5.74, 6) is -5.52. The lowest BCUT2D eigenvalue weighted by Crippen LogP contribution is -2.45. The maximum atomic E-state index is 14.9. The Morgan fingerprint density at radius 1 is 0.642 bits per heavy atom. The molecule has 0 radical (unpaired) electrons. The summed E-state index contributed by atoms with van der Waals surface area (Å²) in [5.41, 5.74) is -13.4. The van der Waals surface area contributed by atoms with Gasteiger partial charge in [-0.25, -0.2) is 19.6 Å². The summed E-state index contributed by atoms with van der Waals surface area (Å²) in [6.07, 6.45) is -22.3. The van der Waals surface area contributed by atoms with Crippen LogP contribution in [0.4, 0.5) is 73.6 Å². The first-order valence-electron chi connectivity index (χ1n) is 24.8. The summed E-state index contributed by atoms with van der Waals surface area (Å²) in [4.78, 5) is 32.6. The van der Waals surface area contributed by atoms with Gasteiger partial charge in [-0.1, -0.05) is 48.9 Å². The van der Waals surface area contributed by atoms with Gasteiger partial charge in [-0.05, 0) is 112 Å². The molecule has 0 spiro atoms. The number of rotatable bonds is 5. The predicted octanol–water partition coefficient (Wildman–Crippen LogP) is 14.0. The molecule has 4 atom stereocenters. The second-order valence-corrected chi connectivity index (χ2v) is 20.7. The largest absolute Gasteiger partial charge is 0.474 e. The van der Waals surface area contributed by atoms with Crippen LogP contribution in [-0.4, -0.2) is 83.4 Å². The van der Waals surface area contributed by atoms with Gasteiger partial charge in [0.2, 0.25) is 23.0 Å². The Balaban J connectivity index is 0.000000265. The fourth-order valence-corrected chi connectivity index (χ4v) is 7.80. The number of fused-ring (bicyclic) bond motifs is 10. The fourth-order valence-electron chi connectivity index (χ4n) is 7.80. The normalized spacial score (nSPS) is 20.5. The third kappa shape index (κ3) is 16.0. The molecule has 3 N–H and O–H groups in total. The number of hydrogen-bond acceptors (Lipinski definition) is 16. The van der Waals surface area contributed by atoms with E-state index in [0.29, 0.717) is 24.1 Å². The standard InChI is InChI=1S/C29H30F6N4O5.C22H26F6N4O5/c1-17-11-7-6-10-14-27(29(33,34)35,41-16-18-12-8-5-9-13-18)24-39-38-23(43-24)21-20(36-25(40)44-26(2,3)4)15-19(28(30,31)32)22(37-21)42-17;1-11-8-6-5-7-9-20(34,22(26,27)28)17-32-31-16(36-17)14-13(29-18(33)37-19(2,3)4)10-12(21(23,24)25)15(30-14)35-11/h5-9,12-13,15,17H,10-11,14,16H2,1-4H3,(H,36,40);10-11,34H,5-9H2,1-4H3,(H,29,33)/t17-,27+;11-,20+/m00/s1. The van der Waals surface area contributed by atoms with Gasteiger partial charge in [-0.15, -0.1) is 20.4 Å². The van der Waals surface area contributed by atoms with Crippen molar-refractivity contribution in [2.75, 3.05) is 10.6 Å². The zero-order valence-electron chi connectivity index (χ0n) is 44.6. The number of nitrogens with one attached hydrogen (secondary N) is 2. The van der Waals surface area contributed by atoms with Crippen molar-refractivity contribution in [2.24, 2.45) is 0 Å². The number of allylic oxidation sites excluding steroid dienone is 1. The van der Waals surface area contributed by atoms with Crippen LogP contribution in [0.5, 0.6) is 11.8 Å². The number of carbonyl (C=O) groups excluding carboxylic acids is 2. The lowest BCUT2D eigenvalue weighted by molar-refractivity contribution is -0.299. The van der Waals surface area contributed by atoms with Gasteiger partial charge >= 0.3 is 36.9 Å². The number of benzene rings is 1. The zero-order valence-corrected chi connectivity index (χ0v) is 44.6. The van der Waals surface area contributed by atoms with Crippen molar-refractivity contribution in [3.8, 4) is 34.9 Å². The van der Waals surface area contributed by atoms with E-state index >= 15 is 0 Å². The lowest BCUT2D eigenvalue weighted by atomic mass is 9.94. The maximum absolute atomic E-state index is 14.9. The number of amides is 2. The summed E-state index contributed by atoms with van der Waals surface area (Å²) >= 11 is 0. The highest BCUT2D eigenvalue weighted by Crippen LogP contribution is 2.49. The van der Waals surface area contributed by atoms with Gasteiger partial charge in [-0.2, -0.15) is 52.7 Å². The Hall–Kier alpha value is -7.24. The first-order chi connectivity index (χ1) is 37.4. The molecule has 81 heavy (non-hydrogen) atoms. The molecule has 18 nitrogen and oxygen atoms in total. The van der Waals surface area contributed by atoms with Crippen LogP contribution in [0.15, 0.2) is 63.5 Å². The molecular formula is C51H56F12N8O10. The highest BCUT2D eigenvalue weighted by Gasteiger charge is 2.61. The molecule has 0 fully saturated rings. The van der Waals surface area contributed by atoms with E-state index < -0.39 is 160 Å². The SMILES string of the molecule is C[C@H]1CC=CCC[C@](OCc2ccccc2)(C(F)(F)F)c2nnc(o2)-c2nc(c(C(F)(F)F)cc2NC(=O)OC(C)(C)C)O1.C[C@H]1CCCCC[C@](O)(C(F)(F)F)c2nnc(o2)-c2nc(c(C(F)(F)F)cc2NC(=O)OC(C)(C)C)O1. The van der Waals surface area contributed by atoms with Gasteiger partial charge in [0.05, 0.1) is 24.1 Å². The molecule has 8 bridgehead atoms. The number of aromatic nitrogens is 6. The predicted molar refractivity (Wildman–Crippen MR) is 260 cm³/mol. The van der Waals surface area contributed by atoms with Crippen molar-refractivity contribution in [2.45, 2.75) is 173 Å². The molecule has 1 aromatic carbocycles. The van der Waals surface area contributed by atoms with Crippen molar-refractivity contribution in [3.05, 3.63) is 83.1 Å². The first-order valence-corrected chi connectivity index (χ1v) is 24.8. The average molecular weight is 1170 g/mol. The molecule has 444 valence electrons. The van der Waals surface area contributed by atoms with E-state index in [4.69, 9.17) is 32.5 Å². The monoisotopic (exact) mass is 1170 g/mol.